The van der Waals surface area contributed by atoms with Crippen LogP contribution in [-0.2, 0) is 0 Å². The highest BCUT2D eigenvalue weighted by Crippen LogP contribution is 2.26. The van der Waals surface area contributed by atoms with Crippen LogP contribution in [0.3, 0.4) is 0 Å². The van der Waals surface area contributed by atoms with Crippen molar-refractivity contribution >= 4 is 0 Å². The molecule has 0 spiro atoms. The number of hydrogen-bond acceptors (Lipinski definition) is 3. The third kappa shape index (κ3) is 4.61. The standard InChI is InChI=1S/C9H15F3N4/c1-2-5-13-7(3-4-9(10,11)12)8-14-6-15-16-8/h6-7,13H,2-5H2,1H3,(H,14,15,16). The molecule has 1 rings (SSSR count). The largest absolute Gasteiger partial charge is 0.389 e. The summed E-state index contributed by atoms with van der Waals surface area (Å²) in [5.41, 5.74) is 0. The quantitative estimate of drug-likeness (QED) is 0.796. The Morgan fingerprint density at radius 1 is 1.50 bits per heavy atom. The lowest BCUT2D eigenvalue weighted by Crippen LogP contribution is -2.25. The lowest BCUT2D eigenvalue weighted by molar-refractivity contribution is -0.136. The molecule has 0 aliphatic carbocycles. The molecule has 2 N–H and O–H groups in total. The number of alkyl halides is 3. The van der Waals surface area contributed by atoms with Gasteiger partial charge >= 0.3 is 6.18 Å². The maximum Gasteiger partial charge on any atom is 0.389 e. The molecule has 16 heavy (non-hydrogen) atoms. The first-order valence-electron chi connectivity index (χ1n) is 5.18. The van der Waals surface area contributed by atoms with Crippen molar-refractivity contribution in [3.63, 3.8) is 0 Å². The third-order valence-electron chi connectivity index (χ3n) is 2.12. The fourth-order valence-corrected chi connectivity index (χ4v) is 1.34. The molecule has 1 unspecified atom stereocenters. The van der Waals surface area contributed by atoms with Crippen LogP contribution >= 0.6 is 0 Å². The Labute approximate surface area is 91.6 Å². The number of H-pyrrole nitrogens is 1. The van der Waals surface area contributed by atoms with E-state index < -0.39 is 18.6 Å². The van der Waals surface area contributed by atoms with Crippen molar-refractivity contribution in [2.45, 2.75) is 38.4 Å². The van der Waals surface area contributed by atoms with Gasteiger partial charge in [-0.05, 0) is 19.4 Å². The first kappa shape index (κ1) is 13.0. The van der Waals surface area contributed by atoms with Crippen LogP contribution in [0, 0.1) is 0 Å². The van der Waals surface area contributed by atoms with Crippen LogP contribution in [0.15, 0.2) is 6.33 Å². The molecule has 0 bridgehead atoms. The Kier molecular flexibility index (Phi) is 4.72. The van der Waals surface area contributed by atoms with E-state index in [-0.39, 0.29) is 6.42 Å². The summed E-state index contributed by atoms with van der Waals surface area (Å²) in [5, 5.41) is 9.24. The highest BCUT2D eigenvalue weighted by molar-refractivity contribution is 4.91. The van der Waals surface area contributed by atoms with Gasteiger partial charge in [0.1, 0.15) is 12.2 Å². The zero-order valence-electron chi connectivity index (χ0n) is 9.01. The van der Waals surface area contributed by atoms with E-state index in [2.05, 4.69) is 20.5 Å². The van der Waals surface area contributed by atoms with E-state index >= 15 is 0 Å². The van der Waals surface area contributed by atoms with Crippen LogP contribution in [0.1, 0.15) is 38.1 Å². The Bertz CT molecular complexity index is 283. The average molecular weight is 236 g/mol. The molecule has 1 atom stereocenters. The van der Waals surface area contributed by atoms with Crippen molar-refractivity contribution in [3.8, 4) is 0 Å². The minimum absolute atomic E-state index is 0.0291. The molecule has 0 saturated carbocycles. The molecular weight excluding hydrogens is 221 g/mol. The zero-order chi connectivity index (χ0) is 12.0. The first-order valence-corrected chi connectivity index (χ1v) is 5.18. The lowest BCUT2D eigenvalue weighted by atomic mass is 10.1. The summed E-state index contributed by atoms with van der Waals surface area (Å²) in [4.78, 5) is 3.87. The van der Waals surface area contributed by atoms with E-state index in [0.717, 1.165) is 6.42 Å². The molecule has 7 heteroatoms. The van der Waals surface area contributed by atoms with E-state index in [0.29, 0.717) is 12.4 Å². The Hall–Kier alpha value is -1.11. The van der Waals surface area contributed by atoms with Crippen molar-refractivity contribution in [1.29, 1.82) is 0 Å². The molecule has 0 radical (unpaired) electrons. The Balaban J connectivity index is 2.51. The van der Waals surface area contributed by atoms with Crippen molar-refractivity contribution in [1.82, 2.24) is 20.5 Å². The maximum atomic E-state index is 12.1. The van der Waals surface area contributed by atoms with Gasteiger partial charge in [-0.1, -0.05) is 6.92 Å². The molecule has 0 fully saturated rings. The van der Waals surface area contributed by atoms with E-state index in [9.17, 15) is 13.2 Å². The van der Waals surface area contributed by atoms with Gasteiger partial charge in [-0.2, -0.15) is 18.3 Å². The minimum Gasteiger partial charge on any atom is -0.307 e. The predicted octanol–water partition coefficient (Wildman–Crippen LogP) is 2.19. The normalized spacial score (nSPS) is 14.0. The molecule has 1 heterocycles. The number of halogens is 3. The Morgan fingerprint density at radius 3 is 2.75 bits per heavy atom. The molecule has 0 saturated heterocycles. The number of nitrogens with zero attached hydrogens (tertiary/aromatic N) is 2. The molecule has 0 aliphatic rings. The monoisotopic (exact) mass is 236 g/mol. The number of hydrogen-bond donors (Lipinski definition) is 2. The molecule has 1 aromatic heterocycles. The lowest BCUT2D eigenvalue weighted by Gasteiger charge is -2.16. The van der Waals surface area contributed by atoms with Crippen molar-refractivity contribution in [3.05, 3.63) is 12.2 Å². The van der Waals surface area contributed by atoms with E-state index in [1.165, 1.54) is 6.33 Å². The number of nitrogens with one attached hydrogen (secondary N) is 2. The zero-order valence-corrected chi connectivity index (χ0v) is 9.01. The third-order valence-corrected chi connectivity index (χ3v) is 2.12. The van der Waals surface area contributed by atoms with Gasteiger partial charge in [-0.25, -0.2) is 4.98 Å². The van der Waals surface area contributed by atoms with E-state index in [4.69, 9.17) is 0 Å². The minimum atomic E-state index is -4.13. The number of rotatable bonds is 6. The second-order valence-electron chi connectivity index (χ2n) is 3.53. The van der Waals surface area contributed by atoms with Gasteiger partial charge in [0.15, 0.2) is 0 Å². The molecule has 1 aromatic rings. The highest BCUT2D eigenvalue weighted by atomic mass is 19.4. The molecule has 4 nitrogen and oxygen atoms in total. The van der Waals surface area contributed by atoms with Crippen LogP contribution < -0.4 is 5.32 Å². The second-order valence-corrected chi connectivity index (χ2v) is 3.53. The SMILES string of the molecule is CCCNC(CCC(F)(F)F)c1ncn[nH]1. The van der Waals surface area contributed by atoms with Crippen LogP contribution in [-0.4, -0.2) is 27.9 Å². The van der Waals surface area contributed by atoms with Gasteiger partial charge < -0.3 is 5.32 Å². The van der Waals surface area contributed by atoms with E-state index in [1.807, 2.05) is 6.92 Å². The molecular formula is C9H15F3N4. The molecule has 92 valence electrons. The highest BCUT2D eigenvalue weighted by Gasteiger charge is 2.29. The van der Waals surface area contributed by atoms with Crippen LogP contribution in [0.4, 0.5) is 13.2 Å². The van der Waals surface area contributed by atoms with E-state index in [1.54, 1.807) is 0 Å². The topological polar surface area (TPSA) is 53.6 Å². The summed E-state index contributed by atoms with van der Waals surface area (Å²) >= 11 is 0. The smallest absolute Gasteiger partial charge is 0.307 e. The second kappa shape index (κ2) is 5.83. The summed E-state index contributed by atoms with van der Waals surface area (Å²) in [6.07, 6.45) is -2.83. The van der Waals surface area contributed by atoms with Gasteiger partial charge in [0.25, 0.3) is 0 Å². The van der Waals surface area contributed by atoms with Crippen LogP contribution in [0.2, 0.25) is 0 Å². The number of aromatic amines is 1. The van der Waals surface area contributed by atoms with Gasteiger partial charge in [-0.3, -0.25) is 5.10 Å². The summed E-state index contributed by atoms with van der Waals surface area (Å²) in [7, 11) is 0. The fraction of sp³-hybridized carbons (Fsp3) is 0.778. The van der Waals surface area contributed by atoms with Crippen molar-refractivity contribution in [2.24, 2.45) is 0 Å². The number of aromatic nitrogens is 3. The van der Waals surface area contributed by atoms with Gasteiger partial charge in [0.2, 0.25) is 0 Å². The summed E-state index contributed by atoms with van der Waals surface area (Å²) < 4.78 is 36.3. The fourth-order valence-electron chi connectivity index (χ4n) is 1.34. The van der Waals surface area contributed by atoms with Gasteiger partial charge in [0.05, 0.1) is 6.04 Å². The molecule has 0 aromatic carbocycles. The van der Waals surface area contributed by atoms with Gasteiger partial charge in [0, 0.05) is 6.42 Å². The summed E-state index contributed by atoms with van der Waals surface area (Å²) in [6, 6.07) is -0.413. The average Bonchev–Trinajstić information content (AvgIpc) is 2.69. The maximum absolute atomic E-state index is 12.1. The van der Waals surface area contributed by atoms with Gasteiger partial charge in [-0.15, -0.1) is 0 Å². The van der Waals surface area contributed by atoms with Crippen LogP contribution in [0.25, 0.3) is 0 Å². The molecule has 0 aliphatic heterocycles. The Morgan fingerprint density at radius 2 is 2.25 bits per heavy atom. The summed E-state index contributed by atoms with van der Waals surface area (Å²) in [5.74, 6) is 0.456. The van der Waals surface area contributed by atoms with Crippen LogP contribution in [0.5, 0.6) is 0 Å². The first-order chi connectivity index (χ1) is 7.53. The van der Waals surface area contributed by atoms with Crippen molar-refractivity contribution in [2.75, 3.05) is 6.54 Å². The van der Waals surface area contributed by atoms with Crippen molar-refractivity contribution < 1.29 is 13.2 Å². The summed E-state index contributed by atoms with van der Waals surface area (Å²) in [6.45, 7) is 2.61. The molecule has 0 amide bonds. The predicted molar refractivity (Wildman–Crippen MR) is 52.7 cm³/mol.